The number of hydrogen-bond acceptors (Lipinski definition) is 2. The van der Waals surface area contributed by atoms with Crippen LogP contribution in [0.15, 0.2) is 30.3 Å². The van der Waals surface area contributed by atoms with Gasteiger partial charge in [-0.15, -0.1) is 0 Å². The van der Waals surface area contributed by atoms with Crippen LogP contribution in [0, 0.1) is 5.92 Å². The maximum absolute atomic E-state index is 12.1. The molecule has 1 saturated heterocycles. The minimum absolute atomic E-state index is 0.286. The van der Waals surface area contributed by atoms with Crippen LogP contribution in [0.4, 0.5) is 0 Å². The van der Waals surface area contributed by atoms with Gasteiger partial charge in [0, 0.05) is 32.1 Å². The summed E-state index contributed by atoms with van der Waals surface area (Å²) < 4.78 is 0. The van der Waals surface area contributed by atoms with Gasteiger partial charge in [0.25, 0.3) is 0 Å². The van der Waals surface area contributed by atoms with Crippen molar-refractivity contribution in [2.24, 2.45) is 5.92 Å². The molecule has 0 aromatic heterocycles. The van der Waals surface area contributed by atoms with Gasteiger partial charge in [0.1, 0.15) is 0 Å². The SMILES string of the molecule is O=C(CC1CCCC1)NC1CCN(Cc2ccccc2)CC1. The molecular weight excluding hydrogens is 272 g/mol. The molecule has 1 N–H and O–H groups in total. The Hall–Kier alpha value is -1.35. The molecule has 1 aromatic rings. The van der Waals surface area contributed by atoms with Crippen LogP contribution < -0.4 is 5.32 Å². The largest absolute Gasteiger partial charge is 0.353 e. The van der Waals surface area contributed by atoms with E-state index in [1.165, 1.54) is 31.2 Å². The van der Waals surface area contributed by atoms with E-state index in [1.54, 1.807) is 0 Å². The first-order chi connectivity index (χ1) is 10.8. The second kappa shape index (κ2) is 7.77. The van der Waals surface area contributed by atoms with E-state index in [9.17, 15) is 4.79 Å². The van der Waals surface area contributed by atoms with Crippen LogP contribution in [0.2, 0.25) is 0 Å². The first-order valence-electron chi connectivity index (χ1n) is 8.85. The summed E-state index contributed by atoms with van der Waals surface area (Å²) in [5, 5.41) is 3.26. The summed E-state index contributed by atoms with van der Waals surface area (Å²) in [7, 11) is 0. The van der Waals surface area contributed by atoms with E-state index in [1.807, 2.05) is 0 Å². The van der Waals surface area contributed by atoms with E-state index in [0.29, 0.717) is 12.0 Å². The Kier molecular flexibility index (Phi) is 5.49. The Balaban J connectivity index is 1.37. The highest BCUT2D eigenvalue weighted by Gasteiger charge is 2.23. The van der Waals surface area contributed by atoms with Crippen LogP contribution in [0.25, 0.3) is 0 Å². The van der Waals surface area contributed by atoms with Crippen molar-refractivity contribution in [2.75, 3.05) is 13.1 Å². The molecule has 22 heavy (non-hydrogen) atoms. The summed E-state index contributed by atoms with van der Waals surface area (Å²) in [4.78, 5) is 14.6. The van der Waals surface area contributed by atoms with E-state index in [4.69, 9.17) is 0 Å². The number of rotatable bonds is 5. The quantitative estimate of drug-likeness (QED) is 0.904. The van der Waals surface area contributed by atoms with Gasteiger partial charge in [0.05, 0.1) is 0 Å². The highest BCUT2D eigenvalue weighted by molar-refractivity contribution is 5.76. The lowest BCUT2D eigenvalue weighted by atomic mass is 10.0. The Morgan fingerprint density at radius 1 is 1.05 bits per heavy atom. The lowest BCUT2D eigenvalue weighted by Crippen LogP contribution is -2.44. The van der Waals surface area contributed by atoms with Gasteiger partial charge in [0.2, 0.25) is 5.91 Å². The van der Waals surface area contributed by atoms with Crippen molar-refractivity contribution in [1.29, 1.82) is 0 Å². The van der Waals surface area contributed by atoms with Crippen LogP contribution in [-0.2, 0) is 11.3 Å². The van der Waals surface area contributed by atoms with Crippen molar-refractivity contribution in [3.05, 3.63) is 35.9 Å². The highest BCUT2D eigenvalue weighted by atomic mass is 16.1. The maximum Gasteiger partial charge on any atom is 0.220 e. The molecule has 1 amide bonds. The molecule has 0 radical (unpaired) electrons. The summed E-state index contributed by atoms with van der Waals surface area (Å²) >= 11 is 0. The normalized spacial score (nSPS) is 21.1. The number of hydrogen-bond donors (Lipinski definition) is 1. The molecular formula is C19H28N2O. The Labute approximate surface area is 134 Å². The third-order valence-corrected chi connectivity index (χ3v) is 5.15. The number of carbonyl (C=O) groups excluding carboxylic acids is 1. The second-order valence-electron chi connectivity index (χ2n) is 6.96. The van der Waals surface area contributed by atoms with Crippen LogP contribution in [0.1, 0.15) is 50.5 Å². The summed E-state index contributed by atoms with van der Waals surface area (Å²) in [6.07, 6.45) is 8.06. The molecule has 2 aliphatic rings. The van der Waals surface area contributed by atoms with Crippen molar-refractivity contribution >= 4 is 5.91 Å². The molecule has 0 spiro atoms. The van der Waals surface area contributed by atoms with E-state index in [2.05, 4.69) is 40.5 Å². The molecule has 0 bridgehead atoms. The minimum Gasteiger partial charge on any atom is -0.353 e. The molecule has 1 saturated carbocycles. The fourth-order valence-electron chi connectivity index (χ4n) is 3.84. The number of amides is 1. The van der Waals surface area contributed by atoms with Crippen molar-refractivity contribution in [3.63, 3.8) is 0 Å². The molecule has 1 aliphatic heterocycles. The third kappa shape index (κ3) is 4.57. The summed E-state index contributed by atoms with van der Waals surface area (Å²) in [6, 6.07) is 11.0. The molecule has 1 heterocycles. The molecule has 3 rings (SSSR count). The van der Waals surface area contributed by atoms with Crippen molar-refractivity contribution in [3.8, 4) is 0 Å². The zero-order valence-electron chi connectivity index (χ0n) is 13.5. The van der Waals surface area contributed by atoms with E-state index in [0.717, 1.165) is 38.9 Å². The smallest absolute Gasteiger partial charge is 0.220 e. The van der Waals surface area contributed by atoms with E-state index < -0.39 is 0 Å². The van der Waals surface area contributed by atoms with Crippen molar-refractivity contribution in [2.45, 2.75) is 57.5 Å². The molecule has 0 unspecified atom stereocenters. The highest BCUT2D eigenvalue weighted by Crippen LogP contribution is 2.27. The molecule has 120 valence electrons. The zero-order chi connectivity index (χ0) is 15.2. The molecule has 3 heteroatoms. The van der Waals surface area contributed by atoms with E-state index in [-0.39, 0.29) is 5.91 Å². The number of nitrogens with one attached hydrogen (secondary N) is 1. The average Bonchev–Trinajstić information content (AvgIpc) is 3.03. The second-order valence-corrected chi connectivity index (χ2v) is 6.96. The number of likely N-dealkylation sites (tertiary alicyclic amines) is 1. The molecule has 1 aromatic carbocycles. The van der Waals surface area contributed by atoms with Crippen LogP contribution in [-0.4, -0.2) is 29.9 Å². The number of nitrogens with zero attached hydrogens (tertiary/aromatic N) is 1. The first-order valence-corrected chi connectivity index (χ1v) is 8.85. The van der Waals surface area contributed by atoms with Gasteiger partial charge in [-0.25, -0.2) is 0 Å². The Bertz CT molecular complexity index is 460. The topological polar surface area (TPSA) is 32.3 Å². The fraction of sp³-hybridized carbons (Fsp3) is 0.632. The maximum atomic E-state index is 12.1. The molecule has 1 aliphatic carbocycles. The number of carbonyl (C=O) groups is 1. The average molecular weight is 300 g/mol. The first kappa shape index (κ1) is 15.5. The molecule has 2 fully saturated rings. The van der Waals surface area contributed by atoms with Crippen LogP contribution >= 0.6 is 0 Å². The summed E-state index contributed by atoms with van der Waals surface area (Å²) in [6.45, 7) is 3.20. The van der Waals surface area contributed by atoms with Crippen molar-refractivity contribution in [1.82, 2.24) is 10.2 Å². The van der Waals surface area contributed by atoms with Gasteiger partial charge in [-0.05, 0) is 37.2 Å². The van der Waals surface area contributed by atoms with E-state index >= 15 is 0 Å². The number of benzene rings is 1. The van der Waals surface area contributed by atoms with Gasteiger partial charge < -0.3 is 5.32 Å². The Morgan fingerprint density at radius 2 is 1.73 bits per heavy atom. The fourth-order valence-corrected chi connectivity index (χ4v) is 3.84. The monoisotopic (exact) mass is 300 g/mol. The summed E-state index contributed by atoms with van der Waals surface area (Å²) in [5.74, 6) is 0.937. The predicted molar refractivity (Wildman–Crippen MR) is 89.5 cm³/mol. The van der Waals surface area contributed by atoms with Crippen LogP contribution in [0.5, 0.6) is 0 Å². The van der Waals surface area contributed by atoms with Gasteiger partial charge in [-0.2, -0.15) is 0 Å². The molecule has 0 atom stereocenters. The Morgan fingerprint density at radius 3 is 2.41 bits per heavy atom. The lowest BCUT2D eigenvalue weighted by molar-refractivity contribution is -0.123. The predicted octanol–water partition coefficient (Wildman–Crippen LogP) is 3.35. The van der Waals surface area contributed by atoms with Crippen LogP contribution in [0.3, 0.4) is 0 Å². The molecule has 3 nitrogen and oxygen atoms in total. The standard InChI is InChI=1S/C19H28N2O/c22-19(14-16-6-4-5-7-16)20-18-10-12-21(13-11-18)15-17-8-2-1-3-9-17/h1-3,8-9,16,18H,4-7,10-15H2,(H,20,22). The van der Waals surface area contributed by atoms with Gasteiger partial charge in [-0.1, -0.05) is 43.2 Å². The zero-order valence-corrected chi connectivity index (χ0v) is 13.5. The minimum atomic E-state index is 0.286. The van der Waals surface area contributed by atoms with Crippen molar-refractivity contribution < 1.29 is 4.79 Å². The third-order valence-electron chi connectivity index (χ3n) is 5.15. The van der Waals surface area contributed by atoms with Gasteiger partial charge in [-0.3, -0.25) is 9.69 Å². The summed E-state index contributed by atoms with van der Waals surface area (Å²) in [5.41, 5.74) is 1.38. The lowest BCUT2D eigenvalue weighted by Gasteiger charge is -2.32. The van der Waals surface area contributed by atoms with Gasteiger partial charge >= 0.3 is 0 Å². The van der Waals surface area contributed by atoms with Gasteiger partial charge in [0.15, 0.2) is 0 Å². The number of piperidine rings is 1.